The predicted molar refractivity (Wildman–Crippen MR) is 70.0 cm³/mol. The Hall–Kier alpha value is 0.110. The lowest BCUT2D eigenvalue weighted by molar-refractivity contribution is 0.491. The molecule has 15 heavy (non-hydrogen) atoms. The zero-order valence-corrected chi connectivity index (χ0v) is 12.1. The fraction of sp³-hybridized carbons (Fsp3) is 0.500. The molecule has 0 nitrogen and oxygen atoms in total. The van der Waals surface area contributed by atoms with Crippen LogP contribution in [0.15, 0.2) is 22.7 Å². The molecule has 2 atom stereocenters. The Kier molecular flexibility index (Phi) is 5.27. The SMILES string of the molecule is CCC(Cc1ccc(Br)cc1F)C(C)Br. The van der Waals surface area contributed by atoms with Crippen molar-refractivity contribution < 1.29 is 4.39 Å². The molecule has 0 bridgehead atoms. The van der Waals surface area contributed by atoms with Crippen LogP contribution >= 0.6 is 31.9 Å². The minimum absolute atomic E-state index is 0.115. The van der Waals surface area contributed by atoms with E-state index in [1.807, 2.05) is 12.1 Å². The van der Waals surface area contributed by atoms with Gasteiger partial charge in [-0.1, -0.05) is 58.2 Å². The maximum atomic E-state index is 13.6. The maximum absolute atomic E-state index is 13.6. The smallest absolute Gasteiger partial charge is 0.127 e. The Morgan fingerprint density at radius 2 is 2.07 bits per heavy atom. The van der Waals surface area contributed by atoms with Crippen LogP contribution in [0.3, 0.4) is 0 Å². The van der Waals surface area contributed by atoms with Crippen LogP contribution in [0.2, 0.25) is 0 Å². The Bertz CT molecular complexity index is 323. The van der Waals surface area contributed by atoms with Crippen LogP contribution in [0, 0.1) is 11.7 Å². The zero-order chi connectivity index (χ0) is 11.4. The Balaban J connectivity index is 2.79. The van der Waals surface area contributed by atoms with Crippen molar-refractivity contribution in [3.8, 4) is 0 Å². The molecule has 0 amide bonds. The Morgan fingerprint density at radius 1 is 1.40 bits per heavy atom. The summed E-state index contributed by atoms with van der Waals surface area (Å²) in [6.45, 7) is 4.25. The molecule has 0 aliphatic heterocycles. The zero-order valence-electron chi connectivity index (χ0n) is 8.93. The molecule has 0 fully saturated rings. The third kappa shape index (κ3) is 3.87. The predicted octanol–water partition coefficient (Wildman–Crippen LogP) is 4.94. The molecular formula is C12H15Br2F. The van der Waals surface area contributed by atoms with E-state index >= 15 is 0 Å². The molecule has 0 saturated heterocycles. The van der Waals surface area contributed by atoms with E-state index in [1.54, 1.807) is 0 Å². The number of alkyl halides is 1. The molecule has 1 aromatic carbocycles. The van der Waals surface area contributed by atoms with Gasteiger partial charge in [-0.3, -0.25) is 0 Å². The third-order valence-corrected chi connectivity index (χ3v) is 3.91. The topological polar surface area (TPSA) is 0 Å². The van der Waals surface area contributed by atoms with Gasteiger partial charge in [-0.2, -0.15) is 0 Å². The first-order chi connectivity index (χ1) is 7.04. The Labute approximate surface area is 108 Å². The van der Waals surface area contributed by atoms with Gasteiger partial charge in [0.25, 0.3) is 0 Å². The molecule has 1 rings (SSSR count). The molecule has 84 valence electrons. The fourth-order valence-electron chi connectivity index (χ4n) is 1.60. The number of benzene rings is 1. The van der Waals surface area contributed by atoms with Crippen molar-refractivity contribution in [2.75, 3.05) is 0 Å². The molecule has 0 N–H and O–H groups in total. The normalized spacial score (nSPS) is 15.0. The summed E-state index contributed by atoms with van der Waals surface area (Å²) >= 11 is 6.83. The average molecular weight is 338 g/mol. The van der Waals surface area contributed by atoms with Gasteiger partial charge in [-0.25, -0.2) is 4.39 Å². The number of hydrogen-bond acceptors (Lipinski definition) is 0. The van der Waals surface area contributed by atoms with Gasteiger partial charge in [0.1, 0.15) is 5.82 Å². The molecule has 2 unspecified atom stereocenters. The summed E-state index contributed by atoms with van der Waals surface area (Å²) in [7, 11) is 0. The van der Waals surface area contributed by atoms with Crippen LogP contribution in [-0.4, -0.2) is 4.83 Å². The lowest BCUT2D eigenvalue weighted by Crippen LogP contribution is -2.13. The van der Waals surface area contributed by atoms with Crippen LogP contribution in [0.25, 0.3) is 0 Å². The highest BCUT2D eigenvalue weighted by Crippen LogP contribution is 2.24. The van der Waals surface area contributed by atoms with E-state index in [2.05, 4.69) is 45.7 Å². The number of hydrogen-bond donors (Lipinski definition) is 0. The largest absolute Gasteiger partial charge is 0.207 e. The van der Waals surface area contributed by atoms with E-state index in [1.165, 1.54) is 6.07 Å². The quantitative estimate of drug-likeness (QED) is 0.682. The second kappa shape index (κ2) is 6.00. The van der Waals surface area contributed by atoms with Gasteiger partial charge in [0.05, 0.1) is 0 Å². The standard InChI is InChI=1S/C12H15Br2F/c1-3-9(8(2)13)6-10-4-5-11(14)7-12(10)15/h4-5,7-9H,3,6H2,1-2H3. The first-order valence-electron chi connectivity index (χ1n) is 5.12. The molecule has 1 aromatic rings. The van der Waals surface area contributed by atoms with E-state index in [9.17, 15) is 4.39 Å². The van der Waals surface area contributed by atoms with E-state index in [0.717, 1.165) is 22.9 Å². The van der Waals surface area contributed by atoms with Gasteiger partial charge in [-0.05, 0) is 30.0 Å². The maximum Gasteiger partial charge on any atom is 0.127 e. The van der Waals surface area contributed by atoms with Crippen molar-refractivity contribution in [1.82, 2.24) is 0 Å². The highest BCUT2D eigenvalue weighted by Gasteiger charge is 2.15. The van der Waals surface area contributed by atoms with E-state index < -0.39 is 0 Å². The van der Waals surface area contributed by atoms with Crippen LogP contribution in [0.5, 0.6) is 0 Å². The van der Waals surface area contributed by atoms with E-state index in [4.69, 9.17) is 0 Å². The molecule has 0 aromatic heterocycles. The van der Waals surface area contributed by atoms with Gasteiger partial charge in [-0.15, -0.1) is 0 Å². The summed E-state index contributed by atoms with van der Waals surface area (Å²) in [5, 5.41) is 0. The first-order valence-corrected chi connectivity index (χ1v) is 6.83. The summed E-state index contributed by atoms with van der Waals surface area (Å²) in [6, 6.07) is 5.28. The van der Waals surface area contributed by atoms with Crippen molar-refractivity contribution in [1.29, 1.82) is 0 Å². The van der Waals surface area contributed by atoms with Crippen LogP contribution in [0.4, 0.5) is 4.39 Å². The average Bonchev–Trinajstić information content (AvgIpc) is 2.16. The van der Waals surface area contributed by atoms with Gasteiger partial charge < -0.3 is 0 Å². The first kappa shape index (κ1) is 13.2. The summed E-state index contributed by atoms with van der Waals surface area (Å²) in [4.78, 5) is 0.422. The minimum Gasteiger partial charge on any atom is -0.207 e. The molecule has 3 heteroatoms. The van der Waals surface area contributed by atoms with Crippen LogP contribution in [0.1, 0.15) is 25.8 Å². The Morgan fingerprint density at radius 3 is 2.53 bits per heavy atom. The highest BCUT2D eigenvalue weighted by molar-refractivity contribution is 9.10. The molecular weight excluding hydrogens is 323 g/mol. The minimum atomic E-state index is -0.115. The van der Waals surface area contributed by atoms with E-state index in [0.29, 0.717) is 10.7 Å². The summed E-state index contributed by atoms with van der Waals surface area (Å²) < 4.78 is 14.4. The van der Waals surface area contributed by atoms with Crippen LogP contribution in [-0.2, 0) is 6.42 Å². The molecule has 0 aliphatic carbocycles. The second-order valence-corrected chi connectivity index (χ2v) is 6.15. The fourth-order valence-corrected chi connectivity index (χ4v) is 2.50. The lowest BCUT2D eigenvalue weighted by Gasteiger charge is -2.17. The van der Waals surface area contributed by atoms with Crippen molar-refractivity contribution in [2.45, 2.75) is 31.5 Å². The summed E-state index contributed by atoms with van der Waals surface area (Å²) in [5.74, 6) is 0.372. The van der Waals surface area contributed by atoms with Crippen molar-refractivity contribution in [2.24, 2.45) is 5.92 Å². The van der Waals surface area contributed by atoms with Crippen LogP contribution < -0.4 is 0 Å². The second-order valence-electron chi connectivity index (χ2n) is 3.79. The molecule has 0 spiro atoms. The number of rotatable bonds is 4. The van der Waals surface area contributed by atoms with Gasteiger partial charge in [0, 0.05) is 9.30 Å². The van der Waals surface area contributed by atoms with Crippen molar-refractivity contribution in [3.63, 3.8) is 0 Å². The summed E-state index contributed by atoms with van der Waals surface area (Å²) in [6.07, 6.45) is 1.85. The van der Waals surface area contributed by atoms with Gasteiger partial charge in [0.2, 0.25) is 0 Å². The lowest BCUT2D eigenvalue weighted by atomic mass is 9.94. The van der Waals surface area contributed by atoms with Crippen molar-refractivity contribution >= 4 is 31.9 Å². The van der Waals surface area contributed by atoms with E-state index in [-0.39, 0.29) is 5.82 Å². The monoisotopic (exact) mass is 336 g/mol. The van der Waals surface area contributed by atoms with Gasteiger partial charge >= 0.3 is 0 Å². The summed E-state index contributed by atoms with van der Waals surface area (Å²) in [5.41, 5.74) is 0.802. The number of halogens is 3. The van der Waals surface area contributed by atoms with Crippen molar-refractivity contribution in [3.05, 3.63) is 34.1 Å². The molecule has 0 radical (unpaired) electrons. The highest BCUT2D eigenvalue weighted by atomic mass is 79.9. The molecule has 0 aliphatic rings. The van der Waals surface area contributed by atoms with Gasteiger partial charge in [0.15, 0.2) is 0 Å². The third-order valence-electron chi connectivity index (χ3n) is 2.67. The molecule has 0 heterocycles. The molecule has 0 saturated carbocycles.